The van der Waals surface area contributed by atoms with E-state index in [2.05, 4.69) is 10.3 Å². The third-order valence-corrected chi connectivity index (χ3v) is 6.88. The maximum atomic E-state index is 13.9. The first-order valence-electron chi connectivity index (χ1n) is 11.2. The van der Waals surface area contributed by atoms with Crippen molar-refractivity contribution in [3.63, 3.8) is 0 Å². The summed E-state index contributed by atoms with van der Waals surface area (Å²) in [5.41, 5.74) is -0.0870. The minimum absolute atomic E-state index is 0.0139. The summed E-state index contributed by atoms with van der Waals surface area (Å²) in [5.74, 6) is -0.0388. The van der Waals surface area contributed by atoms with Gasteiger partial charge in [0.1, 0.15) is 11.4 Å². The molecule has 2 aliphatic heterocycles. The molecule has 4 aliphatic rings. The van der Waals surface area contributed by atoms with Gasteiger partial charge in [-0.2, -0.15) is 4.99 Å². The Balaban J connectivity index is 1.57. The molecule has 1 atom stereocenters. The average molecular weight is 413 g/mol. The lowest BCUT2D eigenvalue weighted by atomic mass is 9.89. The Labute approximate surface area is 178 Å². The van der Waals surface area contributed by atoms with Crippen LogP contribution in [0.5, 0.6) is 0 Å². The minimum Gasteiger partial charge on any atom is -0.352 e. The molecule has 30 heavy (non-hydrogen) atoms. The van der Waals surface area contributed by atoms with E-state index in [-0.39, 0.29) is 42.8 Å². The van der Waals surface area contributed by atoms with Gasteiger partial charge < -0.3 is 15.1 Å². The first-order valence-corrected chi connectivity index (χ1v) is 11.2. The van der Waals surface area contributed by atoms with Crippen molar-refractivity contribution in [2.24, 2.45) is 4.99 Å². The minimum atomic E-state index is -1.07. The van der Waals surface area contributed by atoms with Crippen LogP contribution in [0.4, 0.5) is 0 Å². The van der Waals surface area contributed by atoms with Gasteiger partial charge in [-0.25, -0.2) is 0 Å². The van der Waals surface area contributed by atoms with E-state index in [4.69, 9.17) is 0 Å². The van der Waals surface area contributed by atoms with Gasteiger partial charge in [-0.15, -0.1) is 0 Å². The molecule has 3 amide bonds. The number of fused-ring (bicyclic) bond motifs is 1. The molecule has 7 nitrogen and oxygen atoms in total. The maximum absolute atomic E-state index is 13.9. The lowest BCUT2D eigenvalue weighted by Gasteiger charge is -2.45. The summed E-state index contributed by atoms with van der Waals surface area (Å²) in [5, 5.41) is 3.11. The number of nitrogens with one attached hydrogen (secondary N) is 1. The van der Waals surface area contributed by atoms with E-state index in [1.54, 1.807) is 16.7 Å². The molecule has 1 N–H and O–H groups in total. The molecular formula is C23H32N4O3. The van der Waals surface area contributed by atoms with E-state index in [0.717, 1.165) is 56.9 Å². The number of amidine groups is 1. The van der Waals surface area contributed by atoms with Gasteiger partial charge in [0, 0.05) is 18.3 Å². The molecule has 4 rings (SSSR count). The molecule has 0 aromatic rings. The average Bonchev–Trinajstić information content (AvgIpc) is 3.39. The van der Waals surface area contributed by atoms with E-state index in [1.165, 1.54) is 0 Å². The highest BCUT2D eigenvalue weighted by atomic mass is 16.2. The van der Waals surface area contributed by atoms with Crippen LogP contribution in [0.2, 0.25) is 0 Å². The van der Waals surface area contributed by atoms with Crippen molar-refractivity contribution in [2.45, 2.75) is 89.3 Å². The third kappa shape index (κ3) is 4.07. The van der Waals surface area contributed by atoms with Gasteiger partial charge in [0.05, 0.1) is 13.0 Å². The highest BCUT2D eigenvalue weighted by Crippen LogP contribution is 2.33. The van der Waals surface area contributed by atoms with Crippen LogP contribution in [-0.4, -0.2) is 57.5 Å². The largest absolute Gasteiger partial charge is 0.352 e. The highest BCUT2D eigenvalue weighted by Gasteiger charge is 2.49. The summed E-state index contributed by atoms with van der Waals surface area (Å²) in [6.45, 7) is 3.80. The number of carbonyl (C=O) groups is 3. The van der Waals surface area contributed by atoms with Crippen LogP contribution in [-0.2, 0) is 14.4 Å². The van der Waals surface area contributed by atoms with E-state index < -0.39 is 5.54 Å². The summed E-state index contributed by atoms with van der Waals surface area (Å²) >= 11 is 0. The van der Waals surface area contributed by atoms with Crippen LogP contribution >= 0.6 is 0 Å². The van der Waals surface area contributed by atoms with E-state index in [1.807, 2.05) is 25.3 Å². The molecule has 2 heterocycles. The summed E-state index contributed by atoms with van der Waals surface area (Å²) < 4.78 is 0. The van der Waals surface area contributed by atoms with Crippen molar-refractivity contribution in [1.82, 2.24) is 15.1 Å². The number of hydrogen-bond acceptors (Lipinski definition) is 4. The Hall–Kier alpha value is -2.44. The molecule has 7 heteroatoms. The van der Waals surface area contributed by atoms with E-state index in [0.29, 0.717) is 5.84 Å². The van der Waals surface area contributed by atoms with Crippen molar-refractivity contribution < 1.29 is 14.4 Å². The summed E-state index contributed by atoms with van der Waals surface area (Å²) in [7, 11) is 0. The molecule has 0 saturated heterocycles. The molecule has 162 valence electrons. The van der Waals surface area contributed by atoms with Gasteiger partial charge >= 0.3 is 0 Å². The fourth-order valence-corrected chi connectivity index (χ4v) is 5.21. The van der Waals surface area contributed by atoms with Crippen molar-refractivity contribution in [3.05, 3.63) is 23.9 Å². The second-order valence-electron chi connectivity index (χ2n) is 9.31. The normalized spacial score (nSPS) is 27.0. The van der Waals surface area contributed by atoms with E-state index >= 15 is 0 Å². The second kappa shape index (κ2) is 8.36. The number of aliphatic imine (C=N–C) groups is 1. The highest BCUT2D eigenvalue weighted by molar-refractivity contribution is 6.10. The summed E-state index contributed by atoms with van der Waals surface area (Å²) in [4.78, 5) is 46.8. The Bertz CT molecular complexity index is 818. The zero-order valence-electron chi connectivity index (χ0n) is 18.0. The van der Waals surface area contributed by atoms with Crippen LogP contribution in [0.25, 0.3) is 0 Å². The quantitative estimate of drug-likeness (QED) is 0.753. The van der Waals surface area contributed by atoms with Crippen molar-refractivity contribution in [2.75, 3.05) is 6.54 Å². The summed E-state index contributed by atoms with van der Waals surface area (Å²) in [6, 6.07) is 0.272. The lowest BCUT2D eigenvalue weighted by Crippen LogP contribution is -2.63. The first-order chi connectivity index (χ1) is 14.4. The van der Waals surface area contributed by atoms with Gasteiger partial charge in [0.25, 0.3) is 5.91 Å². The van der Waals surface area contributed by atoms with Crippen LogP contribution in [0.1, 0.15) is 71.6 Å². The van der Waals surface area contributed by atoms with Crippen molar-refractivity contribution in [3.8, 4) is 0 Å². The summed E-state index contributed by atoms with van der Waals surface area (Å²) in [6.07, 6.45) is 13.9. The van der Waals surface area contributed by atoms with Gasteiger partial charge in [-0.1, -0.05) is 25.7 Å². The smallest absolute Gasteiger partial charge is 0.250 e. The zero-order valence-corrected chi connectivity index (χ0v) is 18.0. The predicted molar refractivity (Wildman–Crippen MR) is 115 cm³/mol. The van der Waals surface area contributed by atoms with E-state index in [9.17, 15) is 14.4 Å². The lowest BCUT2D eigenvalue weighted by molar-refractivity contribution is -0.148. The molecule has 2 fully saturated rings. The molecule has 0 radical (unpaired) electrons. The number of hydrogen-bond donors (Lipinski definition) is 1. The van der Waals surface area contributed by atoms with Crippen LogP contribution in [0.3, 0.4) is 0 Å². The van der Waals surface area contributed by atoms with Crippen LogP contribution in [0.15, 0.2) is 28.9 Å². The molecular weight excluding hydrogens is 380 g/mol. The molecule has 0 aromatic heterocycles. The number of amides is 3. The van der Waals surface area contributed by atoms with Gasteiger partial charge in [0.2, 0.25) is 11.8 Å². The molecule has 2 aliphatic carbocycles. The van der Waals surface area contributed by atoms with Crippen LogP contribution < -0.4 is 5.32 Å². The van der Waals surface area contributed by atoms with Crippen LogP contribution in [0, 0.1) is 0 Å². The second-order valence-corrected chi connectivity index (χ2v) is 9.31. The zero-order chi connectivity index (χ0) is 21.3. The molecule has 0 unspecified atom stereocenters. The Kier molecular flexibility index (Phi) is 5.80. The number of carbonyl (C=O) groups excluding carboxylic acids is 3. The Morgan fingerprint density at radius 3 is 2.57 bits per heavy atom. The third-order valence-electron chi connectivity index (χ3n) is 6.88. The van der Waals surface area contributed by atoms with Crippen molar-refractivity contribution >= 4 is 23.6 Å². The standard InChI is InChI=1S/C23H32N4O3/c1-16-11-12-27-19(13-16)25-20(28)14-23(27,2)22(30)26(18-9-5-6-10-18)15-21(29)24-17-7-3-4-8-17/h11-13,17-18H,3-10,14-15H2,1-2H3,(H,24,29)/t23-/m0/s1. The predicted octanol–water partition coefficient (Wildman–Crippen LogP) is 2.68. The number of rotatable bonds is 5. The van der Waals surface area contributed by atoms with Gasteiger partial charge in [-0.3, -0.25) is 14.4 Å². The monoisotopic (exact) mass is 412 g/mol. The molecule has 0 aromatic carbocycles. The molecule has 2 saturated carbocycles. The Morgan fingerprint density at radius 1 is 1.20 bits per heavy atom. The maximum Gasteiger partial charge on any atom is 0.250 e. The molecule has 0 bridgehead atoms. The SMILES string of the molecule is CC1=CC2=NC(=O)C[C@@](C)(C(=O)N(CC(=O)NC3CCCC3)C3CCCC3)N2C=C1. The fourth-order valence-electron chi connectivity index (χ4n) is 5.21. The van der Waals surface area contributed by atoms with Crippen molar-refractivity contribution in [1.29, 1.82) is 0 Å². The Morgan fingerprint density at radius 2 is 1.87 bits per heavy atom. The van der Waals surface area contributed by atoms with Gasteiger partial charge in [-0.05, 0) is 57.3 Å². The fraction of sp³-hybridized carbons (Fsp3) is 0.652. The number of nitrogens with zero attached hydrogens (tertiary/aromatic N) is 3. The topological polar surface area (TPSA) is 82.1 Å². The van der Waals surface area contributed by atoms with Gasteiger partial charge in [0.15, 0.2) is 0 Å². The number of allylic oxidation sites excluding steroid dienone is 2. The molecule has 0 spiro atoms. The first kappa shape index (κ1) is 20.8.